The lowest BCUT2D eigenvalue weighted by Crippen LogP contribution is -2.42. The zero-order chi connectivity index (χ0) is 13.1. The Bertz CT molecular complexity index is 304. The Morgan fingerprint density at radius 3 is 2.00 bits per heavy atom. The number of rotatable bonds is 3. The van der Waals surface area contributed by atoms with Crippen molar-refractivity contribution >= 4 is 12.1 Å². The molecule has 0 bridgehead atoms. The Labute approximate surface area is 94.7 Å². The monoisotopic (exact) mass is 231 g/mol. The number of hydrogen-bond donors (Lipinski definition) is 2. The summed E-state index contributed by atoms with van der Waals surface area (Å²) in [5, 5.41) is 8.89. The Hall–Kier alpha value is -1.46. The van der Waals surface area contributed by atoms with Crippen LogP contribution in [0.5, 0.6) is 0 Å². The van der Waals surface area contributed by atoms with Crippen LogP contribution >= 0.6 is 0 Å². The maximum Gasteiger partial charge on any atom is 0.623 e. The first-order chi connectivity index (χ1) is 7.06. The van der Waals surface area contributed by atoms with Crippen LogP contribution in [0.4, 0.5) is 4.79 Å². The van der Waals surface area contributed by atoms with Crippen LogP contribution in [-0.2, 0) is 9.53 Å². The summed E-state index contributed by atoms with van der Waals surface area (Å²) in [4.78, 5) is 22.3. The number of carbonyl (C=O) groups excluding carboxylic acids is 1. The molecule has 0 saturated heterocycles. The summed E-state index contributed by atoms with van der Waals surface area (Å²) in [5.74, 6) is -1.57. The minimum atomic E-state index is -1.21. The van der Waals surface area contributed by atoms with Gasteiger partial charge in [0.1, 0.15) is 5.60 Å². The van der Waals surface area contributed by atoms with Gasteiger partial charge in [-0.3, -0.25) is 0 Å². The quantitative estimate of drug-likeness (QED) is 0.574. The maximum atomic E-state index is 11.5. The van der Waals surface area contributed by atoms with Gasteiger partial charge in [0, 0.05) is 5.92 Å². The molecule has 16 heavy (non-hydrogen) atoms. The minimum Gasteiger partial charge on any atom is -0.476 e. The summed E-state index contributed by atoms with van der Waals surface area (Å²) >= 11 is 0. The predicted molar refractivity (Wildman–Crippen MR) is 55.5 cm³/mol. The van der Waals surface area contributed by atoms with Crippen LogP contribution in [0, 0.1) is 11.4 Å². The van der Waals surface area contributed by atoms with E-state index in [4.69, 9.17) is 15.4 Å². The van der Waals surface area contributed by atoms with Crippen LogP contribution in [-0.4, -0.2) is 33.5 Å². The summed E-state index contributed by atoms with van der Waals surface area (Å²) in [6.45, 7) is 8.23. The largest absolute Gasteiger partial charge is 0.623 e. The number of nitrogens with one attached hydrogen (secondary N) is 1. The van der Waals surface area contributed by atoms with E-state index >= 15 is 0 Å². The Morgan fingerprint density at radius 1 is 1.31 bits per heavy atom. The molecule has 1 amide bonds. The smallest absolute Gasteiger partial charge is 0.476 e. The summed E-state index contributed by atoms with van der Waals surface area (Å²) in [5.41, 5.74) is 6.71. The van der Waals surface area contributed by atoms with E-state index in [0.717, 1.165) is 0 Å². The summed E-state index contributed by atoms with van der Waals surface area (Å²) in [6, 6.07) is -1.20. The molecule has 0 aromatic heterocycles. The van der Waals surface area contributed by atoms with E-state index in [-0.39, 0.29) is 5.92 Å². The van der Waals surface area contributed by atoms with Crippen molar-refractivity contribution in [1.29, 1.82) is 5.53 Å². The Morgan fingerprint density at radius 2 is 1.75 bits per heavy atom. The minimum absolute atomic E-state index is 0.359. The van der Waals surface area contributed by atoms with Crippen molar-refractivity contribution in [1.82, 2.24) is 0 Å². The zero-order valence-corrected chi connectivity index (χ0v) is 10.3. The van der Waals surface area contributed by atoms with Gasteiger partial charge in [-0.15, -0.1) is 0 Å². The number of ether oxygens (including phenoxy) is 1. The highest BCUT2D eigenvalue weighted by atomic mass is 16.6. The lowest BCUT2D eigenvalue weighted by molar-refractivity contribution is -0.570. The molecule has 2 N–H and O–H groups in total. The van der Waals surface area contributed by atoms with Crippen molar-refractivity contribution in [3.8, 4) is 0 Å². The lowest BCUT2D eigenvalue weighted by atomic mass is 10.1. The molecule has 0 spiro atoms. The number of carboxylic acid groups (broad SMARTS) is 1. The first-order valence-electron chi connectivity index (χ1n) is 5.02. The van der Waals surface area contributed by atoms with Crippen molar-refractivity contribution in [3.63, 3.8) is 0 Å². The normalized spacial score (nSPS) is 13.4. The second kappa shape index (κ2) is 5.05. The fourth-order valence-electron chi connectivity index (χ4n) is 1.12. The molecule has 0 rings (SSSR count). The van der Waals surface area contributed by atoms with Crippen LogP contribution in [0.1, 0.15) is 34.6 Å². The first kappa shape index (κ1) is 14.5. The van der Waals surface area contributed by atoms with Crippen LogP contribution < -0.4 is 0 Å². The Balaban J connectivity index is 4.77. The van der Waals surface area contributed by atoms with Gasteiger partial charge in [0.05, 0.1) is 0 Å². The third-order valence-corrected chi connectivity index (χ3v) is 1.75. The second-order valence-electron chi connectivity index (χ2n) is 4.88. The molecule has 0 fully saturated rings. The molecule has 1 unspecified atom stereocenters. The summed E-state index contributed by atoms with van der Waals surface area (Å²) in [6.07, 6.45) is -0.950. The van der Waals surface area contributed by atoms with E-state index in [1.165, 1.54) is 0 Å². The molecule has 0 aliphatic rings. The fraction of sp³-hybridized carbons (Fsp3) is 0.800. The predicted octanol–water partition coefficient (Wildman–Crippen LogP) is 2.07. The molecule has 0 aliphatic carbocycles. The second-order valence-corrected chi connectivity index (χ2v) is 4.88. The highest BCUT2D eigenvalue weighted by molar-refractivity contribution is 5.74. The fourth-order valence-corrected chi connectivity index (χ4v) is 1.12. The van der Waals surface area contributed by atoms with Gasteiger partial charge in [-0.25, -0.2) is 4.79 Å². The summed E-state index contributed by atoms with van der Waals surface area (Å²) < 4.78 is 5.29. The van der Waals surface area contributed by atoms with E-state index in [0.29, 0.717) is 4.70 Å². The number of aliphatic carboxylic acids is 1. The number of hydrogen-bond acceptors (Lipinski definition) is 4. The van der Waals surface area contributed by atoms with E-state index in [2.05, 4.69) is 0 Å². The van der Waals surface area contributed by atoms with Gasteiger partial charge in [0.15, 0.2) is 0 Å². The van der Waals surface area contributed by atoms with E-state index in [1.54, 1.807) is 34.6 Å². The van der Waals surface area contributed by atoms with Crippen molar-refractivity contribution in [2.45, 2.75) is 46.3 Å². The Kier molecular flexibility index (Phi) is 4.59. The molecule has 0 aromatic rings. The van der Waals surface area contributed by atoms with Crippen molar-refractivity contribution in [2.24, 2.45) is 5.92 Å². The highest BCUT2D eigenvalue weighted by Gasteiger charge is 2.41. The average Bonchev–Trinajstić information content (AvgIpc) is 1.98. The van der Waals surface area contributed by atoms with Crippen LogP contribution in [0.2, 0.25) is 0 Å². The lowest BCUT2D eigenvalue weighted by Gasteiger charge is -2.17. The third kappa shape index (κ3) is 4.37. The first-order valence-corrected chi connectivity index (χ1v) is 5.02. The molecule has 6 nitrogen and oxygen atoms in total. The van der Waals surface area contributed by atoms with Gasteiger partial charge in [-0.05, 0) is 31.0 Å². The van der Waals surface area contributed by atoms with Gasteiger partial charge >= 0.3 is 12.1 Å². The maximum absolute atomic E-state index is 11.5. The van der Waals surface area contributed by atoms with Crippen molar-refractivity contribution < 1.29 is 24.1 Å². The topological polar surface area (TPSA) is 90.5 Å². The van der Waals surface area contributed by atoms with Gasteiger partial charge in [0.2, 0.25) is 0 Å². The van der Waals surface area contributed by atoms with Gasteiger partial charge in [-0.1, -0.05) is 13.8 Å². The molecular formula is C10H19N2O4+. The molecule has 6 heteroatoms. The van der Waals surface area contributed by atoms with Crippen molar-refractivity contribution in [2.75, 3.05) is 0 Å². The highest BCUT2D eigenvalue weighted by Crippen LogP contribution is 2.12. The molecule has 1 atom stereocenters. The number of carbonyl (C=O) groups is 2. The number of amides is 1. The molecule has 0 aliphatic heterocycles. The third-order valence-electron chi connectivity index (χ3n) is 1.75. The van der Waals surface area contributed by atoms with Gasteiger partial charge in [-0.2, -0.15) is 4.79 Å². The van der Waals surface area contributed by atoms with Crippen molar-refractivity contribution in [3.05, 3.63) is 0 Å². The molecule has 0 aromatic carbocycles. The van der Waals surface area contributed by atoms with E-state index < -0.39 is 23.7 Å². The van der Waals surface area contributed by atoms with E-state index in [1.807, 2.05) is 0 Å². The van der Waals surface area contributed by atoms with Crippen LogP contribution in [0.15, 0.2) is 0 Å². The SMILES string of the molecule is CC(C)C(C(=O)O)[N+](=N)C(=O)OC(C)(C)C. The standard InChI is InChI=1S/C10H18N2O4/c1-6(2)7(8(13)14)12(11)9(15)16-10(3,4)5/h6-7,11H,1-5H3/p+1. The van der Waals surface area contributed by atoms with E-state index in [9.17, 15) is 9.59 Å². The molecule has 0 saturated carbocycles. The summed E-state index contributed by atoms with van der Waals surface area (Å²) in [7, 11) is 0. The van der Waals surface area contributed by atoms with Gasteiger partial charge in [0.25, 0.3) is 6.04 Å². The molecule has 92 valence electrons. The van der Waals surface area contributed by atoms with Crippen LogP contribution in [0.3, 0.4) is 0 Å². The average molecular weight is 231 g/mol. The molecule has 0 heterocycles. The number of carboxylic acids is 1. The zero-order valence-electron chi connectivity index (χ0n) is 10.3. The van der Waals surface area contributed by atoms with Gasteiger partial charge < -0.3 is 9.84 Å². The number of nitrogens with zero attached hydrogens (tertiary/aromatic N) is 1. The molecule has 0 radical (unpaired) electrons. The van der Waals surface area contributed by atoms with Crippen LogP contribution in [0.25, 0.3) is 0 Å². The molecular weight excluding hydrogens is 212 g/mol.